The van der Waals surface area contributed by atoms with E-state index in [1.54, 1.807) is 0 Å². The van der Waals surface area contributed by atoms with E-state index in [9.17, 15) is 0 Å². The second-order valence-electron chi connectivity index (χ2n) is 4.78. The van der Waals surface area contributed by atoms with Gasteiger partial charge in [-0.25, -0.2) is 0 Å². The molecule has 1 saturated heterocycles. The number of ether oxygens (including phenoxy) is 2. The molecule has 2 rings (SSSR count). The quantitative estimate of drug-likeness (QED) is 0.751. The van der Waals surface area contributed by atoms with Gasteiger partial charge in [0.15, 0.2) is 6.29 Å². The zero-order chi connectivity index (χ0) is 12.8. The Labute approximate surface area is 110 Å². The highest BCUT2D eigenvalue weighted by Gasteiger charge is 2.21. The van der Waals surface area contributed by atoms with E-state index in [2.05, 4.69) is 43.3 Å². The third-order valence-corrected chi connectivity index (χ3v) is 3.18. The van der Waals surface area contributed by atoms with Crippen LogP contribution < -0.4 is 0 Å². The van der Waals surface area contributed by atoms with Gasteiger partial charge in [-0.2, -0.15) is 0 Å². The maximum Gasteiger partial charge on any atom is 0.183 e. The fourth-order valence-corrected chi connectivity index (χ4v) is 2.22. The van der Waals surface area contributed by atoms with E-state index in [0.29, 0.717) is 5.92 Å². The van der Waals surface area contributed by atoms with Gasteiger partial charge in [0.2, 0.25) is 0 Å². The van der Waals surface area contributed by atoms with E-state index >= 15 is 0 Å². The van der Waals surface area contributed by atoms with E-state index in [1.807, 2.05) is 6.92 Å². The first-order chi connectivity index (χ1) is 8.83. The lowest BCUT2D eigenvalue weighted by atomic mass is 10.1. The summed E-state index contributed by atoms with van der Waals surface area (Å²) < 4.78 is 11.5. The Hall–Kier alpha value is -1.12. The van der Waals surface area contributed by atoms with Crippen LogP contribution in [0.2, 0.25) is 0 Å². The van der Waals surface area contributed by atoms with Crippen molar-refractivity contribution in [3.8, 4) is 0 Å². The Bertz CT molecular complexity index is 373. The van der Waals surface area contributed by atoms with Gasteiger partial charge in [0.05, 0.1) is 13.2 Å². The second kappa shape index (κ2) is 6.72. The molecule has 1 aliphatic rings. The Morgan fingerprint density at radius 3 is 2.39 bits per heavy atom. The Morgan fingerprint density at radius 2 is 1.83 bits per heavy atom. The summed E-state index contributed by atoms with van der Waals surface area (Å²) in [5.74, 6) is 0.394. The first-order valence-electron chi connectivity index (χ1n) is 6.78. The molecule has 18 heavy (non-hydrogen) atoms. The first kappa shape index (κ1) is 13.3. The number of hydrogen-bond donors (Lipinski definition) is 0. The minimum Gasteiger partial charge on any atom is -0.348 e. The van der Waals surface area contributed by atoms with E-state index in [1.165, 1.54) is 12.0 Å². The molecule has 0 amide bonds. The molecule has 2 heteroatoms. The van der Waals surface area contributed by atoms with Gasteiger partial charge in [-0.3, -0.25) is 0 Å². The second-order valence-corrected chi connectivity index (χ2v) is 4.78. The number of benzene rings is 1. The third kappa shape index (κ3) is 3.44. The Balaban J connectivity index is 1.92. The first-order valence-corrected chi connectivity index (χ1v) is 6.78. The Kier molecular flexibility index (Phi) is 4.97. The standard InChI is InChI=1S/C16H22O2/c1-3-5-13-7-9-15(10-8-13)16-17-11-14(6-4-2)12-18-16/h4,6-10,14,16H,3,5,11-12H2,1-2H3. The molecular weight excluding hydrogens is 224 g/mol. The van der Waals surface area contributed by atoms with Crippen LogP contribution in [0.3, 0.4) is 0 Å². The summed E-state index contributed by atoms with van der Waals surface area (Å²) >= 11 is 0. The molecule has 0 saturated carbocycles. The van der Waals surface area contributed by atoms with Crippen LogP contribution in [0, 0.1) is 5.92 Å². The van der Waals surface area contributed by atoms with Gasteiger partial charge in [0, 0.05) is 11.5 Å². The molecular formula is C16H22O2. The molecule has 0 bridgehead atoms. The molecule has 0 spiro atoms. The summed E-state index contributed by atoms with van der Waals surface area (Å²) in [5.41, 5.74) is 2.50. The van der Waals surface area contributed by atoms with Crippen LogP contribution in [0.5, 0.6) is 0 Å². The maximum absolute atomic E-state index is 5.76. The summed E-state index contributed by atoms with van der Waals surface area (Å²) in [6.45, 7) is 5.71. The zero-order valence-electron chi connectivity index (χ0n) is 11.3. The molecule has 1 aliphatic heterocycles. The van der Waals surface area contributed by atoms with Gasteiger partial charge in [-0.1, -0.05) is 49.8 Å². The van der Waals surface area contributed by atoms with Gasteiger partial charge in [-0.15, -0.1) is 0 Å². The lowest BCUT2D eigenvalue weighted by molar-refractivity contribution is -0.197. The molecule has 0 N–H and O–H groups in total. The minimum absolute atomic E-state index is 0.192. The highest BCUT2D eigenvalue weighted by molar-refractivity contribution is 5.23. The predicted molar refractivity (Wildman–Crippen MR) is 73.4 cm³/mol. The minimum atomic E-state index is -0.192. The van der Waals surface area contributed by atoms with Crippen molar-refractivity contribution >= 4 is 0 Å². The largest absolute Gasteiger partial charge is 0.348 e. The van der Waals surface area contributed by atoms with Crippen molar-refractivity contribution in [3.63, 3.8) is 0 Å². The average Bonchev–Trinajstić information content (AvgIpc) is 2.41. The number of aryl methyl sites for hydroxylation is 1. The van der Waals surface area contributed by atoms with E-state index in [0.717, 1.165) is 25.2 Å². The van der Waals surface area contributed by atoms with Gasteiger partial charge in [0.1, 0.15) is 0 Å². The maximum atomic E-state index is 5.76. The van der Waals surface area contributed by atoms with E-state index in [-0.39, 0.29) is 6.29 Å². The molecule has 0 unspecified atom stereocenters. The van der Waals surface area contributed by atoms with Gasteiger partial charge < -0.3 is 9.47 Å². The Morgan fingerprint density at radius 1 is 1.17 bits per heavy atom. The van der Waals surface area contributed by atoms with Crippen LogP contribution in [0.4, 0.5) is 0 Å². The zero-order valence-corrected chi connectivity index (χ0v) is 11.3. The molecule has 0 aliphatic carbocycles. The summed E-state index contributed by atoms with van der Waals surface area (Å²) in [5, 5.41) is 0. The number of allylic oxidation sites excluding steroid dienone is 1. The summed E-state index contributed by atoms with van der Waals surface area (Å²) in [7, 11) is 0. The lowest BCUT2D eigenvalue weighted by Crippen LogP contribution is -2.25. The molecule has 1 fully saturated rings. The summed E-state index contributed by atoms with van der Waals surface area (Å²) in [6, 6.07) is 8.57. The molecule has 98 valence electrons. The van der Waals surface area contributed by atoms with Gasteiger partial charge >= 0.3 is 0 Å². The number of hydrogen-bond acceptors (Lipinski definition) is 2. The van der Waals surface area contributed by atoms with Crippen molar-refractivity contribution in [2.75, 3.05) is 13.2 Å². The van der Waals surface area contributed by atoms with Gasteiger partial charge in [0.25, 0.3) is 0 Å². The van der Waals surface area contributed by atoms with Crippen LogP contribution in [0.25, 0.3) is 0 Å². The molecule has 2 nitrogen and oxygen atoms in total. The third-order valence-electron chi connectivity index (χ3n) is 3.18. The van der Waals surface area contributed by atoms with Crippen molar-refractivity contribution in [1.82, 2.24) is 0 Å². The highest BCUT2D eigenvalue weighted by Crippen LogP contribution is 2.25. The fraction of sp³-hybridized carbons (Fsp3) is 0.500. The molecule has 0 radical (unpaired) electrons. The van der Waals surface area contributed by atoms with Gasteiger partial charge in [-0.05, 0) is 18.9 Å². The van der Waals surface area contributed by atoms with Crippen LogP contribution in [-0.2, 0) is 15.9 Å². The molecule has 1 aromatic rings. The smallest absolute Gasteiger partial charge is 0.183 e. The van der Waals surface area contributed by atoms with Crippen molar-refractivity contribution < 1.29 is 9.47 Å². The molecule has 1 heterocycles. The van der Waals surface area contributed by atoms with Crippen molar-refractivity contribution in [1.29, 1.82) is 0 Å². The van der Waals surface area contributed by atoms with Crippen LogP contribution in [0.1, 0.15) is 37.7 Å². The normalized spacial score (nSPS) is 24.6. The topological polar surface area (TPSA) is 18.5 Å². The summed E-state index contributed by atoms with van der Waals surface area (Å²) in [6.07, 6.45) is 6.32. The van der Waals surface area contributed by atoms with Crippen molar-refractivity contribution in [2.24, 2.45) is 5.92 Å². The fourth-order valence-electron chi connectivity index (χ4n) is 2.22. The van der Waals surface area contributed by atoms with Crippen LogP contribution in [0.15, 0.2) is 36.4 Å². The van der Waals surface area contributed by atoms with Crippen molar-refractivity contribution in [2.45, 2.75) is 33.0 Å². The number of rotatable bonds is 4. The predicted octanol–water partition coefficient (Wildman–Crippen LogP) is 3.88. The molecule has 0 aromatic heterocycles. The lowest BCUT2D eigenvalue weighted by Gasteiger charge is -2.28. The highest BCUT2D eigenvalue weighted by atomic mass is 16.7. The van der Waals surface area contributed by atoms with E-state index in [4.69, 9.17) is 9.47 Å². The molecule has 1 aromatic carbocycles. The SMILES string of the molecule is CC=CC1COC(c2ccc(CCC)cc2)OC1. The average molecular weight is 246 g/mol. The van der Waals surface area contributed by atoms with Crippen LogP contribution in [-0.4, -0.2) is 13.2 Å². The van der Waals surface area contributed by atoms with Crippen LogP contribution >= 0.6 is 0 Å². The van der Waals surface area contributed by atoms with E-state index < -0.39 is 0 Å². The monoisotopic (exact) mass is 246 g/mol. The van der Waals surface area contributed by atoms with Crippen molar-refractivity contribution in [3.05, 3.63) is 47.5 Å². The molecule has 0 atom stereocenters. The summed E-state index contributed by atoms with van der Waals surface area (Å²) in [4.78, 5) is 0.